The third-order valence-electron chi connectivity index (χ3n) is 3.18. The number of hydrogen-bond donors (Lipinski definition) is 1. The van der Waals surface area contributed by atoms with Gasteiger partial charge < -0.3 is 14.2 Å². The first-order valence-electron chi connectivity index (χ1n) is 6.98. The van der Waals surface area contributed by atoms with Crippen LogP contribution in [0.15, 0.2) is 46.0 Å². The summed E-state index contributed by atoms with van der Waals surface area (Å²) < 4.78 is 16.7. The fraction of sp³-hybridized carbons (Fsp3) is 0.176. The highest BCUT2D eigenvalue weighted by Crippen LogP contribution is 2.38. The lowest BCUT2D eigenvalue weighted by molar-refractivity contribution is 0.0954. The Morgan fingerprint density at radius 1 is 1.04 bits per heavy atom. The van der Waals surface area contributed by atoms with Crippen molar-refractivity contribution in [2.24, 2.45) is 5.10 Å². The standard InChI is InChI=1S/C17H17BrN2O4/c1-22-14-8-12(9-15(23-2)16(14)24-3)17(21)20-19-10-11-4-6-13(18)7-5-11/h4-10H,1-3H3,(H,20,21). The molecule has 0 atom stereocenters. The molecule has 0 aliphatic carbocycles. The van der Waals surface area contributed by atoms with Gasteiger partial charge in [0.2, 0.25) is 5.75 Å². The number of carbonyl (C=O) groups is 1. The van der Waals surface area contributed by atoms with E-state index in [-0.39, 0.29) is 5.91 Å². The van der Waals surface area contributed by atoms with Gasteiger partial charge in [0.1, 0.15) is 0 Å². The molecule has 0 spiro atoms. The van der Waals surface area contributed by atoms with Crippen LogP contribution in [0.25, 0.3) is 0 Å². The highest BCUT2D eigenvalue weighted by Gasteiger charge is 2.16. The first-order valence-corrected chi connectivity index (χ1v) is 7.77. The molecule has 0 heterocycles. The molecule has 126 valence electrons. The van der Waals surface area contributed by atoms with Gasteiger partial charge in [-0.15, -0.1) is 0 Å². The summed E-state index contributed by atoms with van der Waals surface area (Å²) in [6, 6.07) is 10.7. The minimum Gasteiger partial charge on any atom is -0.493 e. The molecule has 0 radical (unpaired) electrons. The van der Waals surface area contributed by atoms with Gasteiger partial charge in [-0.25, -0.2) is 5.43 Å². The average molecular weight is 393 g/mol. The zero-order valence-corrected chi connectivity index (χ0v) is 15.1. The molecule has 0 unspecified atom stereocenters. The number of ether oxygens (including phenoxy) is 3. The largest absolute Gasteiger partial charge is 0.493 e. The molecule has 0 saturated heterocycles. The van der Waals surface area contributed by atoms with Crippen LogP contribution in [0.5, 0.6) is 17.2 Å². The topological polar surface area (TPSA) is 69.2 Å². The van der Waals surface area contributed by atoms with Crippen LogP contribution < -0.4 is 19.6 Å². The van der Waals surface area contributed by atoms with Crippen LogP contribution in [0.2, 0.25) is 0 Å². The fourth-order valence-corrected chi connectivity index (χ4v) is 2.26. The molecule has 2 rings (SSSR count). The van der Waals surface area contributed by atoms with Crippen LogP contribution in [0, 0.1) is 0 Å². The molecule has 0 aliphatic rings. The first-order chi connectivity index (χ1) is 11.6. The quantitative estimate of drug-likeness (QED) is 0.605. The summed E-state index contributed by atoms with van der Waals surface area (Å²) in [4.78, 5) is 12.2. The lowest BCUT2D eigenvalue weighted by atomic mass is 10.1. The van der Waals surface area contributed by atoms with Crippen molar-refractivity contribution in [3.05, 3.63) is 52.0 Å². The number of nitrogens with one attached hydrogen (secondary N) is 1. The van der Waals surface area contributed by atoms with Crippen molar-refractivity contribution in [3.8, 4) is 17.2 Å². The Morgan fingerprint density at radius 2 is 1.62 bits per heavy atom. The van der Waals surface area contributed by atoms with Gasteiger partial charge in [0.25, 0.3) is 5.91 Å². The Labute approximate surface area is 148 Å². The van der Waals surface area contributed by atoms with E-state index in [4.69, 9.17) is 14.2 Å². The number of amides is 1. The van der Waals surface area contributed by atoms with E-state index in [2.05, 4.69) is 26.5 Å². The Kier molecular flexibility index (Phi) is 6.20. The third kappa shape index (κ3) is 4.26. The maximum Gasteiger partial charge on any atom is 0.271 e. The van der Waals surface area contributed by atoms with Crippen molar-refractivity contribution >= 4 is 28.1 Å². The summed E-state index contributed by atoms with van der Waals surface area (Å²) in [5.41, 5.74) is 3.68. The maximum atomic E-state index is 12.2. The van der Waals surface area contributed by atoms with Crippen molar-refractivity contribution in [1.82, 2.24) is 5.43 Å². The summed E-state index contributed by atoms with van der Waals surface area (Å²) >= 11 is 3.36. The Hall–Kier alpha value is -2.54. The van der Waals surface area contributed by atoms with Crippen molar-refractivity contribution in [1.29, 1.82) is 0 Å². The number of methoxy groups -OCH3 is 3. The second-order valence-corrected chi connectivity index (χ2v) is 5.58. The van der Waals surface area contributed by atoms with Gasteiger partial charge in [-0.2, -0.15) is 5.10 Å². The molecular formula is C17H17BrN2O4. The van der Waals surface area contributed by atoms with E-state index in [9.17, 15) is 4.79 Å². The lowest BCUT2D eigenvalue weighted by Crippen LogP contribution is -2.18. The molecular weight excluding hydrogens is 376 g/mol. The normalized spacial score (nSPS) is 10.5. The molecule has 2 aromatic carbocycles. The molecule has 1 N–H and O–H groups in total. The fourth-order valence-electron chi connectivity index (χ4n) is 1.99. The van der Waals surface area contributed by atoms with E-state index in [1.165, 1.54) is 21.3 Å². The molecule has 1 amide bonds. The van der Waals surface area contributed by atoms with Crippen LogP contribution in [0.4, 0.5) is 0 Å². The van der Waals surface area contributed by atoms with E-state index < -0.39 is 0 Å². The number of nitrogens with zero attached hydrogens (tertiary/aromatic N) is 1. The highest BCUT2D eigenvalue weighted by molar-refractivity contribution is 9.10. The van der Waals surface area contributed by atoms with Crippen molar-refractivity contribution in [2.45, 2.75) is 0 Å². The lowest BCUT2D eigenvalue weighted by Gasteiger charge is -2.13. The summed E-state index contributed by atoms with van der Waals surface area (Å²) in [7, 11) is 4.48. The summed E-state index contributed by atoms with van der Waals surface area (Å²) in [5, 5.41) is 3.95. The number of benzene rings is 2. The SMILES string of the molecule is COc1cc(C(=O)NN=Cc2ccc(Br)cc2)cc(OC)c1OC. The minimum atomic E-state index is -0.386. The van der Waals surface area contributed by atoms with Crippen molar-refractivity contribution < 1.29 is 19.0 Å². The Bertz CT molecular complexity index is 720. The summed E-state index contributed by atoms with van der Waals surface area (Å²) in [6.45, 7) is 0. The monoisotopic (exact) mass is 392 g/mol. The molecule has 0 bridgehead atoms. The number of halogens is 1. The molecule has 7 heteroatoms. The van der Waals surface area contributed by atoms with Gasteiger partial charge in [0, 0.05) is 10.0 Å². The van der Waals surface area contributed by atoms with Crippen molar-refractivity contribution in [2.75, 3.05) is 21.3 Å². The second kappa shape index (κ2) is 8.35. The van der Waals surface area contributed by atoms with Gasteiger partial charge >= 0.3 is 0 Å². The van der Waals surface area contributed by atoms with Crippen LogP contribution in [-0.2, 0) is 0 Å². The number of hydrazone groups is 1. The van der Waals surface area contributed by atoms with E-state index in [1.54, 1.807) is 18.3 Å². The van der Waals surface area contributed by atoms with Gasteiger partial charge in [0.15, 0.2) is 11.5 Å². The van der Waals surface area contributed by atoms with Crippen molar-refractivity contribution in [3.63, 3.8) is 0 Å². The number of hydrogen-bond acceptors (Lipinski definition) is 5. The average Bonchev–Trinajstić information content (AvgIpc) is 2.61. The highest BCUT2D eigenvalue weighted by atomic mass is 79.9. The number of carbonyl (C=O) groups excluding carboxylic acids is 1. The summed E-state index contributed by atoms with van der Waals surface area (Å²) in [5.74, 6) is 0.843. The molecule has 0 fully saturated rings. The predicted octanol–water partition coefficient (Wildman–Crippen LogP) is 3.24. The van der Waals surface area contributed by atoms with Gasteiger partial charge in [-0.1, -0.05) is 28.1 Å². The van der Waals surface area contributed by atoms with E-state index in [0.717, 1.165) is 10.0 Å². The molecule has 24 heavy (non-hydrogen) atoms. The Balaban J connectivity index is 2.15. The van der Waals surface area contributed by atoms with Crippen LogP contribution >= 0.6 is 15.9 Å². The van der Waals surface area contributed by atoms with Gasteiger partial charge in [0.05, 0.1) is 27.5 Å². The molecule has 2 aromatic rings. The van der Waals surface area contributed by atoms with Crippen LogP contribution in [0.1, 0.15) is 15.9 Å². The second-order valence-electron chi connectivity index (χ2n) is 4.66. The van der Waals surface area contributed by atoms with Crippen LogP contribution in [0.3, 0.4) is 0 Å². The smallest absolute Gasteiger partial charge is 0.271 e. The molecule has 6 nitrogen and oxygen atoms in total. The molecule has 0 saturated carbocycles. The third-order valence-corrected chi connectivity index (χ3v) is 3.71. The van der Waals surface area contributed by atoms with E-state index >= 15 is 0 Å². The van der Waals surface area contributed by atoms with E-state index in [0.29, 0.717) is 22.8 Å². The molecule has 0 aliphatic heterocycles. The number of rotatable bonds is 6. The van der Waals surface area contributed by atoms with Gasteiger partial charge in [-0.3, -0.25) is 4.79 Å². The first kappa shape index (κ1) is 17.8. The minimum absolute atomic E-state index is 0.345. The summed E-state index contributed by atoms with van der Waals surface area (Å²) in [6.07, 6.45) is 1.56. The zero-order valence-electron chi connectivity index (χ0n) is 13.5. The molecule has 0 aromatic heterocycles. The Morgan fingerprint density at radius 3 is 2.12 bits per heavy atom. The van der Waals surface area contributed by atoms with Crippen LogP contribution in [-0.4, -0.2) is 33.5 Å². The zero-order chi connectivity index (χ0) is 17.5. The predicted molar refractivity (Wildman–Crippen MR) is 95.3 cm³/mol. The maximum absolute atomic E-state index is 12.2. The van der Waals surface area contributed by atoms with Gasteiger partial charge in [-0.05, 0) is 29.8 Å². The van der Waals surface area contributed by atoms with E-state index in [1.807, 2.05) is 24.3 Å².